The van der Waals surface area contributed by atoms with Crippen LogP contribution in [0.2, 0.25) is 0 Å². The Morgan fingerprint density at radius 2 is 2.06 bits per heavy atom. The molecular weight excluding hydrogens is 206 g/mol. The number of carboxylic acids is 1. The van der Waals surface area contributed by atoms with E-state index in [-0.39, 0.29) is 18.4 Å². The molecule has 0 radical (unpaired) electrons. The molecule has 0 aliphatic heterocycles. The standard InChI is InChI=1S/C12H21NO3/c1-3-13(8-11(14)15)12(16)10-6-4-5-9(2)7-10/h9-10H,3-8H2,1-2H3,(H,14,15)/t9-,10-/m1/s1. The second kappa shape index (κ2) is 5.87. The summed E-state index contributed by atoms with van der Waals surface area (Å²) in [5.41, 5.74) is 0. The SMILES string of the molecule is CCN(CC(=O)O)C(=O)[C@@H]1CCC[C@@H](C)C1. The third-order valence-electron chi connectivity index (χ3n) is 3.31. The zero-order chi connectivity index (χ0) is 12.1. The lowest BCUT2D eigenvalue weighted by atomic mass is 9.82. The summed E-state index contributed by atoms with van der Waals surface area (Å²) >= 11 is 0. The molecule has 0 spiro atoms. The molecular formula is C12H21NO3. The van der Waals surface area contributed by atoms with Gasteiger partial charge in [0.2, 0.25) is 5.91 Å². The van der Waals surface area contributed by atoms with Gasteiger partial charge in [-0.1, -0.05) is 19.8 Å². The van der Waals surface area contributed by atoms with E-state index < -0.39 is 5.97 Å². The Bertz CT molecular complexity index is 265. The Morgan fingerprint density at radius 3 is 2.56 bits per heavy atom. The second-order valence-corrected chi connectivity index (χ2v) is 4.71. The predicted molar refractivity (Wildman–Crippen MR) is 61.0 cm³/mol. The molecule has 0 aromatic carbocycles. The highest BCUT2D eigenvalue weighted by Crippen LogP contribution is 2.29. The molecule has 92 valence electrons. The van der Waals surface area contributed by atoms with Crippen molar-refractivity contribution in [2.75, 3.05) is 13.1 Å². The van der Waals surface area contributed by atoms with Gasteiger partial charge in [-0.05, 0) is 25.7 Å². The predicted octanol–water partition coefficient (Wildman–Crippen LogP) is 1.75. The molecule has 1 amide bonds. The third-order valence-corrected chi connectivity index (χ3v) is 3.31. The average molecular weight is 227 g/mol. The maximum Gasteiger partial charge on any atom is 0.323 e. The fourth-order valence-electron chi connectivity index (χ4n) is 2.43. The first-order valence-electron chi connectivity index (χ1n) is 6.05. The minimum atomic E-state index is -0.931. The van der Waals surface area contributed by atoms with E-state index in [0.29, 0.717) is 12.5 Å². The number of carbonyl (C=O) groups excluding carboxylic acids is 1. The number of nitrogens with zero attached hydrogens (tertiary/aromatic N) is 1. The fourth-order valence-corrected chi connectivity index (χ4v) is 2.43. The second-order valence-electron chi connectivity index (χ2n) is 4.71. The smallest absolute Gasteiger partial charge is 0.323 e. The van der Waals surface area contributed by atoms with Crippen molar-refractivity contribution in [1.82, 2.24) is 4.90 Å². The summed E-state index contributed by atoms with van der Waals surface area (Å²) in [7, 11) is 0. The monoisotopic (exact) mass is 227 g/mol. The molecule has 4 heteroatoms. The summed E-state index contributed by atoms with van der Waals surface area (Å²) in [5, 5.41) is 8.72. The van der Waals surface area contributed by atoms with Crippen LogP contribution in [0.4, 0.5) is 0 Å². The van der Waals surface area contributed by atoms with Crippen LogP contribution in [0, 0.1) is 11.8 Å². The lowest BCUT2D eigenvalue weighted by Gasteiger charge is -2.30. The van der Waals surface area contributed by atoms with Crippen LogP contribution in [0.5, 0.6) is 0 Å². The number of carbonyl (C=O) groups is 2. The quantitative estimate of drug-likeness (QED) is 0.796. The van der Waals surface area contributed by atoms with Crippen molar-refractivity contribution < 1.29 is 14.7 Å². The molecule has 0 saturated heterocycles. The van der Waals surface area contributed by atoms with E-state index in [0.717, 1.165) is 19.3 Å². The summed E-state index contributed by atoms with van der Waals surface area (Å²) in [6, 6.07) is 0. The van der Waals surface area contributed by atoms with Crippen molar-refractivity contribution in [2.24, 2.45) is 11.8 Å². The first kappa shape index (κ1) is 13.0. The normalized spacial score (nSPS) is 25.1. The van der Waals surface area contributed by atoms with Gasteiger partial charge in [0, 0.05) is 12.5 Å². The summed E-state index contributed by atoms with van der Waals surface area (Å²) in [5.74, 6) is -0.273. The van der Waals surface area contributed by atoms with Gasteiger partial charge in [0.05, 0.1) is 0 Å². The zero-order valence-electron chi connectivity index (χ0n) is 10.1. The summed E-state index contributed by atoms with van der Waals surface area (Å²) in [6.45, 7) is 4.30. The third kappa shape index (κ3) is 3.51. The van der Waals surface area contributed by atoms with Crippen LogP contribution in [-0.2, 0) is 9.59 Å². The van der Waals surface area contributed by atoms with Gasteiger partial charge in [-0.2, -0.15) is 0 Å². The maximum atomic E-state index is 12.1. The molecule has 1 rings (SSSR count). The van der Waals surface area contributed by atoms with Gasteiger partial charge in [0.15, 0.2) is 0 Å². The number of amides is 1. The van der Waals surface area contributed by atoms with Gasteiger partial charge >= 0.3 is 5.97 Å². The van der Waals surface area contributed by atoms with Crippen molar-refractivity contribution in [2.45, 2.75) is 39.5 Å². The maximum absolute atomic E-state index is 12.1. The molecule has 16 heavy (non-hydrogen) atoms. The van der Waals surface area contributed by atoms with Gasteiger partial charge in [-0.25, -0.2) is 0 Å². The van der Waals surface area contributed by atoms with Crippen LogP contribution < -0.4 is 0 Å². The van der Waals surface area contributed by atoms with Crippen LogP contribution in [0.3, 0.4) is 0 Å². The molecule has 1 N–H and O–H groups in total. The van der Waals surface area contributed by atoms with Gasteiger partial charge in [0.25, 0.3) is 0 Å². The number of rotatable bonds is 4. The molecule has 0 heterocycles. The van der Waals surface area contributed by atoms with Gasteiger partial charge in [-0.3, -0.25) is 9.59 Å². The minimum Gasteiger partial charge on any atom is -0.480 e. The fraction of sp³-hybridized carbons (Fsp3) is 0.833. The molecule has 0 bridgehead atoms. The van der Waals surface area contributed by atoms with E-state index >= 15 is 0 Å². The van der Waals surface area contributed by atoms with Crippen molar-refractivity contribution in [3.8, 4) is 0 Å². The largest absolute Gasteiger partial charge is 0.480 e. The van der Waals surface area contributed by atoms with Crippen LogP contribution in [0.15, 0.2) is 0 Å². The molecule has 1 fully saturated rings. The van der Waals surface area contributed by atoms with Crippen LogP contribution in [-0.4, -0.2) is 35.0 Å². The Labute approximate surface area is 96.6 Å². The Hall–Kier alpha value is -1.06. The lowest BCUT2D eigenvalue weighted by molar-refractivity contribution is -0.146. The highest BCUT2D eigenvalue weighted by atomic mass is 16.4. The number of hydrogen-bond donors (Lipinski definition) is 1. The Kier molecular flexibility index (Phi) is 4.77. The van der Waals surface area contributed by atoms with Crippen molar-refractivity contribution in [3.05, 3.63) is 0 Å². The van der Waals surface area contributed by atoms with Crippen LogP contribution in [0.1, 0.15) is 39.5 Å². The zero-order valence-corrected chi connectivity index (χ0v) is 10.1. The number of carboxylic acid groups (broad SMARTS) is 1. The van der Waals surface area contributed by atoms with Gasteiger partial charge in [-0.15, -0.1) is 0 Å². The number of hydrogen-bond acceptors (Lipinski definition) is 2. The molecule has 0 aromatic heterocycles. The van der Waals surface area contributed by atoms with Crippen LogP contribution >= 0.6 is 0 Å². The summed E-state index contributed by atoms with van der Waals surface area (Å²) in [6.07, 6.45) is 4.10. The molecule has 2 atom stereocenters. The molecule has 1 saturated carbocycles. The van der Waals surface area contributed by atoms with E-state index in [4.69, 9.17) is 5.11 Å². The van der Waals surface area contributed by atoms with Crippen molar-refractivity contribution >= 4 is 11.9 Å². The van der Waals surface area contributed by atoms with Gasteiger partial charge < -0.3 is 10.0 Å². The number of aliphatic carboxylic acids is 1. The van der Waals surface area contributed by atoms with E-state index in [1.54, 1.807) is 0 Å². The molecule has 1 aliphatic carbocycles. The Balaban J connectivity index is 2.56. The summed E-state index contributed by atoms with van der Waals surface area (Å²) < 4.78 is 0. The van der Waals surface area contributed by atoms with E-state index in [9.17, 15) is 9.59 Å². The van der Waals surface area contributed by atoms with Crippen molar-refractivity contribution in [1.29, 1.82) is 0 Å². The van der Waals surface area contributed by atoms with Crippen molar-refractivity contribution in [3.63, 3.8) is 0 Å². The topological polar surface area (TPSA) is 57.6 Å². The van der Waals surface area contributed by atoms with E-state index in [1.165, 1.54) is 11.3 Å². The molecule has 1 aliphatic rings. The van der Waals surface area contributed by atoms with E-state index in [2.05, 4.69) is 6.92 Å². The summed E-state index contributed by atoms with van der Waals surface area (Å²) in [4.78, 5) is 24.1. The lowest BCUT2D eigenvalue weighted by Crippen LogP contribution is -2.40. The van der Waals surface area contributed by atoms with Crippen LogP contribution in [0.25, 0.3) is 0 Å². The first-order valence-corrected chi connectivity index (χ1v) is 6.05. The number of likely N-dealkylation sites (N-methyl/N-ethyl adjacent to an activating group) is 1. The Morgan fingerprint density at radius 1 is 1.38 bits per heavy atom. The molecule has 0 aromatic rings. The highest BCUT2D eigenvalue weighted by Gasteiger charge is 2.28. The highest BCUT2D eigenvalue weighted by molar-refractivity contribution is 5.83. The minimum absolute atomic E-state index is 0.0245. The first-order chi connectivity index (χ1) is 7.54. The van der Waals surface area contributed by atoms with Gasteiger partial charge in [0.1, 0.15) is 6.54 Å². The average Bonchev–Trinajstić information content (AvgIpc) is 2.24. The molecule has 0 unspecified atom stereocenters. The van der Waals surface area contributed by atoms with E-state index in [1.807, 2.05) is 6.92 Å². The molecule has 4 nitrogen and oxygen atoms in total.